The lowest BCUT2D eigenvalue weighted by Crippen LogP contribution is -2.31. The Bertz CT molecular complexity index is 2210. The first kappa shape index (κ1) is 26.6. The van der Waals surface area contributed by atoms with Crippen molar-refractivity contribution < 1.29 is 14.3 Å². The van der Waals surface area contributed by atoms with Gasteiger partial charge in [-0.1, -0.05) is 24.3 Å². The molecular formula is C37H27N5O3. The van der Waals surface area contributed by atoms with E-state index in [4.69, 9.17) is 14.7 Å². The van der Waals surface area contributed by atoms with E-state index in [2.05, 4.69) is 28.2 Å². The second kappa shape index (κ2) is 10.9. The fourth-order valence-corrected chi connectivity index (χ4v) is 5.87. The van der Waals surface area contributed by atoms with Crippen LogP contribution in [0, 0.1) is 0 Å². The third kappa shape index (κ3) is 5.23. The lowest BCUT2D eigenvalue weighted by Gasteiger charge is -2.14. The van der Waals surface area contributed by atoms with Gasteiger partial charge in [-0.15, -0.1) is 0 Å². The number of fused-ring (bicyclic) bond motifs is 9. The maximum atomic E-state index is 12.7. The highest BCUT2D eigenvalue weighted by molar-refractivity contribution is 6.21. The standard InChI is InChI=1S/C37H27N5O3/c43-36-32-7-1-2-8-33(32)37(44)42(36)15-4-16-45-31-6-3-5-23(17-31)34-21-30-20-28-12-11-26(39-28)18-24-9-10-25(38-24)19-27-13-14-29(40-27)22-35(34)41-30/h1-3,5-14,17-22,39,41H,4,15-16H2. The third-order valence-corrected chi connectivity index (χ3v) is 7.99. The number of aromatic amines is 2. The number of nitrogens with one attached hydrogen (secondary N) is 2. The smallest absolute Gasteiger partial charge is 0.261 e. The molecule has 218 valence electrons. The van der Waals surface area contributed by atoms with Gasteiger partial charge >= 0.3 is 0 Å². The molecular weight excluding hydrogens is 562 g/mol. The molecule has 8 heteroatoms. The Labute approximate surface area is 258 Å². The van der Waals surface area contributed by atoms with Crippen LogP contribution in [0.25, 0.3) is 57.5 Å². The van der Waals surface area contributed by atoms with Crippen LogP contribution in [0.2, 0.25) is 0 Å². The number of hydrogen-bond donors (Lipinski definition) is 2. The predicted molar refractivity (Wildman–Crippen MR) is 176 cm³/mol. The molecule has 0 saturated carbocycles. The van der Waals surface area contributed by atoms with Gasteiger partial charge in [-0.25, -0.2) is 9.97 Å². The predicted octanol–water partition coefficient (Wildman–Crippen LogP) is 7.39. The topological polar surface area (TPSA) is 104 Å². The maximum Gasteiger partial charge on any atom is 0.261 e. The zero-order valence-electron chi connectivity index (χ0n) is 24.2. The van der Waals surface area contributed by atoms with Crippen molar-refractivity contribution in [3.05, 3.63) is 125 Å². The Morgan fingerprint density at radius 1 is 0.600 bits per heavy atom. The minimum Gasteiger partial charge on any atom is -0.494 e. The highest BCUT2D eigenvalue weighted by Gasteiger charge is 2.34. The van der Waals surface area contributed by atoms with Crippen molar-refractivity contribution in [2.75, 3.05) is 13.2 Å². The summed E-state index contributed by atoms with van der Waals surface area (Å²) in [6.07, 6.45) is 8.51. The lowest BCUT2D eigenvalue weighted by atomic mass is 10.1. The van der Waals surface area contributed by atoms with E-state index in [-0.39, 0.29) is 11.8 Å². The summed E-state index contributed by atoms with van der Waals surface area (Å²) in [7, 11) is 0. The summed E-state index contributed by atoms with van der Waals surface area (Å²) in [5.41, 5.74) is 10.2. The number of aromatic nitrogens is 4. The Balaban J connectivity index is 1.08. The first-order valence-electron chi connectivity index (χ1n) is 14.8. The third-order valence-electron chi connectivity index (χ3n) is 7.99. The van der Waals surface area contributed by atoms with E-state index in [1.54, 1.807) is 24.3 Å². The largest absolute Gasteiger partial charge is 0.494 e. The van der Waals surface area contributed by atoms with Gasteiger partial charge in [0.15, 0.2) is 0 Å². The number of ether oxygens (including phenoxy) is 1. The monoisotopic (exact) mass is 589 g/mol. The van der Waals surface area contributed by atoms with Crippen molar-refractivity contribution in [2.24, 2.45) is 0 Å². The fourth-order valence-electron chi connectivity index (χ4n) is 5.87. The van der Waals surface area contributed by atoms with E-state index in [0.29, 0.717) is 36.4 Å². The number of nitrogens with zero attached hydrogens (tertiary/aromatic N) is 3. The molecule has 0 radical (unpaired) electrons. The molecule has 3 aromatic heterocycles. The van der Waals surface area contributed by atoms with Gasteiger partial charge in [-0.05, 0) is 103 Å². The number of amides is 2. The lowest BCUT2D eigenvalue weighted by molar-refractivity contribution is 0.0646. The molecule has 2 amide bonds. The Hall–Kier alpha value is -6.02. The Morgan fingerprint density at radius 3 is 2.00 bits per heavy atom. The van der Waals surface area contributed by atoms with Gasteiger partial charge in [0, 0.05) is 34.2 Å². The van der Waals surface area contributed by atoms with Gasteiger partial charge in [0.2, 0.25) is 0 Å². The molecule has 8 nitrogen and oxygen atoms in total. The first-order chi connectivity index (χ1) is 22.1. The summed E-state index contributed by atoms with van der Waals surface area (Å²) in [6.45, 7) is 0.667. The highest BCUT2D eigenvalue weighted by atomic mass is 16.5. The number of rotatable bonds is 6. The van der Waals surface area contributed by atoms with Gasteiger partial charge < -0.3 is 14.7 Å². The van der Waals surface area contributed by atoms with Crippen LogP contribution in [0.5, 0.6) is 5.75 Å². The van der Waals surface area contributed by atoms with Crippen LogP contribution >= 0.6 is 0 Å². The molecule has 0 atom stereocenters. The number of benzene rings is 2. The molecule has 3 aliphatic heterocycles. The van der Waals surface area contributed by atoms with Crippen LogP contribution in [0.4, 0.5) is 0 Å². The average Bonchev–Trinajstić information content (AvgIpc) is 3.88. The van der Waals surface area contributed by atoms with Gasteiger partial charge in [0.25, 0.3) is 11.8 Å². The second-order valence-electron chi connectivity index (χ2n) is 11.1. The molecule has 0 aliphatic carbocycles. The average molecular weight is 590 g/mol. The SMILES string of the molecule is O=C1c2ccccc2C(=O)N1CCCOc1cccc(-c2cc3cc4ccc(cc5nc(cc6nc(cc2[nH]3)C=C6)C=C5)[nH]4)c1. The van der Waals surface area contributed by atoms with E-state index in [1.807, 2.05) is 72.8 Å². The first-order valence-corrected chi connectivity index (χ1v) is 14.8. The number of carbonyl (C=O) groups excluding carboxylic acids is 2. The van der Waals surface area contributed by atoms with Crippen LogP contribution in [-0.4, -0.2) is 49.8 Å². The van der Waals surface area contributed by atoms with Crippen LogP contribution in [0.15, 0.2) is 91.0 Å². The molecule has 0 unspecified atom stereocenters. The van der Waals surface area contributed by atoms with Crippen molar-refractivity contribution in [1.82, 2.24) is 24.8 Å². The van der Waals surface area contributed by atoms with Crippen molar-refractivity contribution in [2.45, 2.75) is 6.42 Å². The quantitative estimate of drug-likeness (QED) is 0.156. The zero-order chi connectivity index (χ0) is 30.3. The molecule has 8 bridgehead atoms. The number of H-pyrrole nitrogens is 2. The maximum absolute atomic E-state index is 12.7. The Kier molecular flexibility index (Phi) is 6.45. The van der Waals surface area contributed by atoms with Crippen LogP contribution in [0.1, 0.15) is 49.9 Å². The fraction of sp³-hybridized carbons (Fsp3) is 0.0811. The van der Waals surface area contributed by atoms with Crippen molar-refractivity contribution in [3.63, 3.8) is 0 Å². The summed E-state index contributed by atoms with van der Waals surface area (Å²) in [6, 6.07) is 29.2. The zero-order valence-corrected chi connectivity index (χ0v) is 24.2. The summed E-state index contributed by atoms with van der Waals surface area (Å²) in [5.74, 6) is 0.216. The molecule has 5 aromatic rings. The van der Waals surface area contributed by atoms with Crippen molar-refractivity contribution in [1.29, 1.82) is 0 Å². The van der Waals surface area contributed by atoms with Gasteiger partial charge in [0.1, 0.15) is 5.75 Å². The van der Waals surface area contributed by atoms with Gasteiger partial charge in [-0.2, -0.15) is 0 Å². The van der Waals surface area contributed by atoms with Crippen molar-refractivity contribution in [3.8, 4) is 16.9 Å². The van der Waals surface area contributed by atoms with Crippen LogP contribution in [0.3, 0.4) is 0 Å². The highest BCUT2D eigenvalue weighted by Crippen LogP contribution is 2.30. The number of hydrogen-bond acceptors (Lipinski definition) is 5. The van der Waals surface area contributed by atoms with Crippen molar-refractivity contribution >= 4 is 58.2 Å². The van der Waals surface area contributed by atoms with E-state index in [9.17, 15) is 9.59 Å². The van der Waals surface area contributed by atoms with Gasteiger partial charge in [0.05, 0.1) is 40.5 Å². The molecule has 45 heavy (non-hydrogen) atoms. The van der Waals surface area contributed by atoms with E-state index < -0.39 is 0 Å². The second-order valence-corrected chi connectivity index (χ2v) is 11.1. The number of carbonyl (C=O) groups is 2. The van der Waals surface area contributed by atoms with Gasteiger partial charge in [-0.3, -0.25) is 14.5 Å². The number of imide groups is 1. The molecule has 6 heterocycles. The molecule has 0 fully saturated rings. The molecule has 0 saturated heterocycles. The summed E-state index contributed by atoms with van der Waals surface area (Å²) in [5, 5.41) is 0. The van der Waals surface area contributed by atoms with E-state index in [1.165, 1.54) is 4.90 Å². The minimum atomic E-state index is -0.246. The molecule has 2 N–H and O–H groups in total. The minimum absolute atomic E-state index is 0.246. The molecule has 3 aliphatic rings. The van der Waals surface area contributed by atoms with E-state index >= 15 is 0 Å². The van der Waals surface area contributed by atoms with Crippen LogP contribution < -0.4 is 4.74 Å². The van der Waals surface area contributed by atoms with Crippen LogP contribution in [-0.2, 0) is 0 Å². The Morgan fingerprint density at radius 2 is 1.27 bits per heavy atom. The summed E-state index contributed by atoms with van der Waals surface area (Å²) < 4.78 is 6.09. The summed E-state index contributed by atoms with van der Waals surface area (Å²) >= 11 is 0. The molecule has 2 aromatic carbocycles. The van der Waals surface area contributed by atoms with E-state index in [0.717, 1.165) is 56.0 Å². The summed E-state index contributed by atoms with van der Waals surface area (Å²) in [4.78, 5) is 43.2. The normalized spacial score (nSPS) is 13.5. The molecule has 8 rings (SSSR count). The molecule has 0 spiro atoms.